The maximum Gasteiger partial charge on any atom is 0.461 e. The Hall–Kier alpha value is -3.74. The van der Waals surface area contributed by atoms with E-state index in [4.69, 9.17) is 11.6 Å². The minimum absolute atomic E-state index is 0.0211. The average Bonchev–Trinajstić information content (AvgIpc) is 3.42. The van der Waals surface area contributed by atoms with Gasteiger partial charge in [0.1, 0.15) is 12.2 Å². The van der Waals surface area contributed by atoms with E-state index in [1.165, 1.54) is 24.4 Å². The van der Waals surface area contributed by atoms with Gasteiger partial charge >= 0.3 is 12.1 Å². The molecular formula is C24H18ClF5IN9O2. The van der Waals surface area contributed by atoms with Crippen LogP contribution in [0.4, 0.5) is 27.6 Å². The highest BCUT2D eigenvalue weighted by atomic mass is 127. The number of aromatic nitrogens is 7. The topological polar surface area (TPSA) is 133 Å². The minimum Gasteiger partial charge on any atom is -0.349 e. The summed E-state index contributed by atoms with van der Waals surface area (Å²) in [4.78, 5) is 31.2. The number of hydrogen-bond acceptors (Lipinski definition) is 7. The van der Waals surface area contributed by atoms with Gasteiger partial charge in [0.25, 0.3) is 17.6 Å². The second-order valence-corrected chi connectivity index (χ2v) is 11.0. The number of hydrogen-bond donors (Lipinski definition) is 2. The fourth-order valence-electron chi connectivity index (χ4n) is 3.83. The normalized spacial score (nSPS) is 13.7. The lowest BCUT2D eigenvalue weighted by Crippen LogP contribution is -2.35. The molecule has 3 aromatic heterocycles. The smallest absolute Gasteiger partial charge is 0.349 e. The molecule has 1 saturated carbocycles. The van der Waals surface area contributed by atoms with E-state index in [2.05, 4.69) is 58.7 Å². The predicted molar refractivity (Wildman–Crippen MR) is 146 cm³/mol. The third-order valence-electron chi connectivity index (χ3n) is 6.02. The van der Waals surface area contributed by atoms with Crippen molar-refractivity contribution in [2.75, 3.05) is 5.32 Å². The Bertz CT molecular complexity index is 1690. The molecule has 0 unspecified atom stereocenters. The first-order valence-corrected chi connectivity index (χ1v) is 13.6. The second kappa shape index (κ2) is 11.2. The number of pyridine rings is 1. The van der Waals surface area contributed by atoms with Crippen LogP contribution in [-0.2, 0) is 12.5 Å². The van der Waals surface area contributed by atoms with Crippen molar-refractivity contribution < 1.29 is 31.5 Å². The lowest BCUT2D eigenvalue weighted by atomic mass is 10.1. The number of rotatable bonds is 8. The highest BCUT2D eigenvalue weighted by molar-refractivity contribution is 14.1. The second-order valence-electron chi connectivity index (χ2n) is 9.30. The molecule has 0 atom stereocenters. The Kier molecular flexibility index (Phi) is 7.90. The SMILES string of the molecule is Cc1cc(I)cc(C(=O)NC2CC2)c1NC(=O)c1cc(Cn2nnc(C(F)(F)C(F)(F)F)n2)nn1-c1ncccc1Cl. The van der Waals surface area contributed by atoms with Gasteiger partial charge < -0.3 is 10.6 Å². The molecule has 0 saturated heterocycles. The van der Waals surface area contributed by atoms with Crippen LogP contribution in [0.1, 0.15) is 50.8 Å². The van der Waals surface area contributed by atoms with Crippen molar-refractivity contribution in [2.45, 2.75) is 44.5 Å². The largest absolute Gasteiger partial charge is 0.461 e. The van der Waals surface area contributed by atoms with Crippen LogP contribution in [0.25, 0.3) is 5.82 Å². The predicted octanol–water partition coefficient (Wildman–Crippen LogP) is 4.67. The molecule has 11 nitrogen and oxygen atoms in total. The summed E-state index contributed by atoms with van der Waals surface area (Å²) >= 11 is 8.34. The molecule has 0 spiro atoms. The Morgan fingerprint density at radius 2 is 1.86 bits per heavy atom. The molecule has 5 rings (SSSR count). The van der Waals surface area contributed by atoms with Gasteiger partial charge in [-0.1, -0.05) is 11.6 Å². The van der Waals surface area contributed by atoms with E-state index >= 15 is 0 Å². The summed E-state index contributed by atoms with van der Waals surface area (Å²) in [6.45, 7) is 1.19. The van der Waals surface area contributed by atoms with Crippen LogP contribution in [0.5, 0.6) is 0 Å². The van der Waals surface area contributed by atoms with E-state index in [0.717, 1.165) is 21.1 Å². The number of carbonyl (C=O) groups excluding carboxylic acids is 2. The molecule has 0 radical (unpaired) electrons. The fourth-order valence-corrected chi connectivity index (χ4v) is 4.81. The van der Waals surface area contributed by atoms with Crippen molar-refractivity contribution >= 4 is 51.7 Å². The van der Waals surface area contributed by atoms with Crippen LogP contribution < -0.4 is 10.6 Å². The number of alkyl halides is 5. The summed E-state index contributed by atoms with van der Waals surface area (Å²) in [7, 11) is 0. The van der Waals surface area contributed by atoms with Gasteiger partial charge in [-0.25, -0.2) is 9.67 Å². The third-order valence-corrected chi connectivity index (χ3v) is 6.94. The first kappa shape index (κ1) is 29.7. The van der Waals surface area contributed by atoms with Gasteiger partial charge in [-0.15, -0.1) is 10.2 Å². The molecule has 1 fully saturated rings. The van der Waals surface area contributed by atoms with Gasteiger partial charge in [0.2, 0.25) is 0 Å². The average molecular weight is 722 g/mol. The molecule has 220 valence electrons. The number of halogens is 7. The maximum absolute atomic E-state index is 13.7. The highest BCUT2D eigenvalue weighted by Crippen LogP contribution is 2.42. The molecule has 1 aliphatic carbocycles. The van der Waals surface area contributed by atoms with E-state index in [0.29, 0.717) is 10.4 Å². The molecule has 2 amide bonds. The first-order valence-electron chi connectivity index (χ1n) is 12.1. The lowest BCUT2D eigenvalue weighted by Gasteiger charge is -2.15. The number of aryl methyl sites for hydroxylation is 1. The van der Waals surface area contributed by atoms with Gasteiger partial charge in [0, 0.05) is 15.8 Å². The molecule has 3 heterocycles. The molecule has 4 aromatic rings. The summed E-state index contributed by atoms with van der Waals surface area (Å²) in [5.74, 6) is -8.24. The van der Waals surface area contributed by atoms with Crippen molar-refractivity contribution in [1.82, 2.24) is 40.3 Å². The highest BCUT2D eigenvalue weighted by Gasteiger charge is 2.62. The van der Waals surface area contributed by atoms with E-state index < -0.39 is 30.4 Å². The van der Waals surface area contributed by atoms with Gasteiger partial charge in [0.15, 0.2) is 5.82 Å². The third kappa shape index (κ3) is 6.06. The Morgan fingerprint density at radius 3 is 2.52 bits per heavy atom. The molecule has 2 N–H and O–H groups in total. The summed E-state index contributed by atoms with van der Waals surface area (Å²) in [6.07, 6.45) is -2.82. The number of nitrogens with zero attached hydrogens (tertiary/aromatic N) is 7. The molecule has 0 bridgehead atoms. The molecule has 0 aliphatic heterocycles. The molecule has 1 aromatic carbocycles. The maximum atomic E-state index is 13.7. The van der Waals surface area contributed by atoms with Crippen LogP contribution >= 0.6 is 34.2 Å². The first-order chi connectivity index (χ1) is 19.7. The zero-order chi connectivity index (χ0) is 30.4. The lowest BCUT2D eigenvalue weighted by molar-refractivity contribution is -0.292. The minimum atomic E-state index is -5.93. The number of tetrazole rings is 1. The number of anilines is 1. The Balaban J connectivity index is 1.50. The summed E-state index contributed by atoms with van der Waals surface area (Å²) in [5, 5.41) is 19.2. The van der Waals surface area contributed by atoms with Crippen molar-refractivity contribution in [3.63, 3.8) is 0 Å². The molecule has 1 aliphatic rings. The number of benzene rings is 1. The zero-order valence-electron chi connectivity index (χ0n) is 21.3. The van der Waals surface area contributed by atoms with Gasteiger partial charge in [-0.3, -0.25) is 9.59 Å². The quantitative estimate of drug-likeness (QED) is 0.200. The molecular weight excluding hydrogens is 704 g/mol. The van der Waals surface area contributed by atoms with Crippen LogP contribution in [0.15, 0.2) is 36.5 Å². The van der Waals surface area contributed by atoms with E-state index in [1.54, 1.807) is 19.1 Å². The van der Waals surface area contributed by atoms with Gasteiger partial charge in [-0.05, 0) is 83.5 Å². The van der Waals surface area contributed by atoms with E-state index in [9.17, 15) is 31.5 Å². The zero-order valence-corrected chi connectivity index (χ0v) is 24.2. The van der Waals surface area contributed by atoms with E-state index in [-0.39, 0.29) is 45.4 Å². The van der Waals surface area contributed by atoms with Crippen LogP contribution in [0.3, 0.4) is 0 Å². The van der Waals surface area contributed by atoms with Crippen molar-refractivity contribution in [3.8, 4) is 5.82 Å². The van der Waals surface area contributed by atoms with Gasteiger partial charge in [0.05, 0.1) is 22.0 Å². The number of carbonyl (C=O) groups is 2. The Labute approximate surface area is 252 Å². The molecule has 18 heteroatoms. The van der Waals surface area contributed by atoms with E-state index in [1.807, 2.05) is 0 Å². The van der Waals surface area contributed by atoms with Crippen molar-refractivity contribution in [3.05, 3.63) is 73.5 Å². The number of amides is 2. The molecule has 42 heavy (non-hydrogen) atoms. The standard InChI is InChI=1S/C24H18ClF5IN9O2/c1-11-7-12(31)8-15(20(41)33-13-4-5-13)18(11)34-21(42)17-9-14(36-40(17)19-16(25)3-2-6-32-19)10-39-37-22(35-38-39)23(26,27)24(28,29)30/h2-3,6-9,13H,4-5,10H2,1H3,(H,33,41)(H,34,42). The van der Waals surface area contributed by atoms with Gasteiger partial charge in [-0.2, -0.15) is 31.8 Å². The van der Waals surface area contributed by atoms with Crippen LogP contribution in [-0.4, -0.2) is 59.0 Å². The number of nitrogens with one attached hydrogen (secondary N) is 2. The van der Waals surface area contributed by atoms with Crippen molar-refractivity contribution in [1.29, 1.82) is 0 Å². The van der Waals surface area contributed by atoms with Crippen LogP contribution in [0, 0.1) is 10.5 Å². The Morgan fingerprint density at radius 1 is 1.12 bits per heavy atom. The van der Waals surface area contributed by atoms with Crippen molar-refractivity contribution in [2.24, 2.45) is 0 Å². The fraction of sp³-hybridized carbons (Fsp3) is 0.292. The van der Waals surface area contributed by atoms with Crippen LogP contribution in [0.2, 0.25) is 5.02 Å². The summed E-state index contributed by atoms with van der Waals surface area (Å²) in [6, 6.07) is 7.73. The summed E-state index contributed by atoms with van der Waals surface area (Å²) < 4.78 is 67.3. The monoisotopic (exact) mass is 721 g/mol. The summed E-state index contributed by atoms with van der Waals surface area (Å²) in [5.41, 5.74) is 0.928.